The van der Waals surface area contributed by atoms with Gasteiger partial charge in [0.15, 0.2) is 0 Å². The highest BCUT2D eigenvalue weighted by Gasteiger charge is 2.10. The third-order valence-corrected chi connectivity index (χ3v) is 1.36. The van der Waals surface area contributed by atoms with Crippen LogP contribution in [0.2, 0.25) is 0 Å². The Bertz CT molecular complexity index is 299. The Balaban J connectivity index is 2.87. The van der Waals surface area contributed by atoms with E-state index in [4.69, 9.17) is 0 Å². The first-order chi connectivity index (χ1) is 6.15. The van der Waals surface area contributed by atoms with Crippen LogP contribution < -0.4 is 5.32 Å². The molecule has 1 rings (SSSR count). The second-order valence-corrected chi connectivity index (χ2v) is 2.21. The van der Waals surface area contributed by atoms with E-state index in [0.717, 1.165) is 12.4 Å². The molecule has 13 heavy (non-hydrogen) atoms. The molecule has 1 aromatic rings. The van der Waals surface area contributed by atoms with Gasteiger partial charge in [0.2, 0.25) is 0 Å². The molecule has 0 saturated carbocycles. The van der Waals surface area contributed by atoms with Gasteiger partial charge in [0.05, 0.1) is 12.4 Å². The average molecular weight is 187 g/mol. The fraction of sp³-hybridized carbons (Fsp3) is 0.286. The van der Waals surface area contributed by atoms with Crippen molar-refractivity contribution in [3.8, 4) is 0 Å². The number of nitrogens with zero attached hydrogens (tertiary/aromatic N) is 2. The fourth-order valence-electron chi connectivity index (χ4n) is 0.696. The number of aromatic nitrogens is 2. The molecule has 6 heteroatoms. The number of carbonyl (C=O) groups excluding carboxylic acids is 1. The average Bonchev–Trinajstić information content (AvgIpc) is 2.17. The van der Waals surface area contributed by atoms with Crippen LogP contribution in [0.4, 0.5) is 8.78 Å². The smallest absolute Gasteiger partial charge is 0.281 e. The normalized spacial score (nSPS) is 10.2. The predicted molar refractivity (Wildman–Crippen MR) is 40.4 cm³/mol. The van der Waals surface area contributed by atoms with Crippen LogP contribution in [0, 0.1) is 0 Å². The standard InChI is InChI=1S/C7H7F2N3O/c1-10-7(13)5-3-11-4(2-12-5)6(8)9/h2-3,6H,1H3,(H,10,13). The van der Waals surface area contributed by atoms with Crippen molar-refractivity contribution in [2.45, 2.75) is 6.43 Å². The number of carbonyl (C=O) groups is 1. The molecule has 70 valence electrons. The molecule has 0 atom stereocenters. The van der Waals surface area contributed by atoms with Crippen molar-refractivity contribution in [2.24, 2.45) is 0 Å². The third-order valence-electron chi connectivity index (χ3n) is 1.36. The molecule has 0 fully saturated rings. The molecule has 1 aromatic heterocycles. The summed E-state index contributed by atoms with van der Waals surface area (Å²) >= 11 is 0. The van der Waals surface area contributed by atoms with Crippen LogP contribution in [0.3, 0.4) is 0 Å². The molecule has 0 unspecified atom stereocenters. The topological polar surface area (TPSA) is 54.9 Å². The van der Waals surface area contributed by atoms with Gasteiger partial charge in [0.25, 0.3) is 12.3 Å². The molecule has 4 nitrogen and oxygen atoms in total. The van der Waals surface area contributed by atoms with Gasteiger partial charge in [-0.05, 0) is 0 Å². The van der Waals surface area contributed by atoms with Gasteiger partial charge < -0.3 is 5.32 Å². The van der Waals surface area contributed by atoms with Crippen molar-refractivity contribution in [1.82, 2.24) is 15.3 Å². The molecule has 0 spiro atoms. The molecule has 0 saturated heterocycles. The minimum atomic E-state index is -2.66. The minimum absolute atomic E-state index is 0.0203. The fourth-order valence-corrected chi connectivity index (χ4v) is 0.696. The summed E-state index contributed by atoms with van der Waals surface area (Å²) in [5.74, 6) is -0.451. The molecule has 0 aromatic carbocycles. The molecule has 1 amide bonds. The Morgan fingerprint density at radius 1 is 1.46 bits per heavy atom. The van der Waals surface area contributed by atoms with E-state index in [9.17, 15) is 13.6 Å². The van der Waals surface area contributed by atoms with Gasteiger partial charge in [0.1, 0.15) is 11.4 Å². The van der Waals surface area contributed by atoms with E-state index < -0.39 is 18.0 Å². The highest BCUT2D eigenvalue weighted by molar-refractivity contribution is 5.91. The van der Waals surface area contributed by atoms with Gasteiger partial charge in [0, 0.05) is 7.05 Å². The van der Waals surface area contributed by atoms with Crippen molar-refractivity contribution < 1.29 is 13.6 Å². The summed E-state index contributed by atoms with van der Waals surface area (Å²) in [6.07, 6.45) is -0.763. The summed E-state index contributed by atoms with van der Waals surface area (Å²) in [6.45, 7) is 0. The summed E-state index contributed by atoms with van der Waals surface area (Å²) in [5, 5.41) is 2.30. The zero-order chi connectivity index (χ0) is 9.84. The summed E-state index contributed by atoms with van der Waals surface area (Å²) in [4.78, 5) is 17.8. The lowest BCUT2D eigenvalue weighted by molar-refractivity contribution is 0.0956. The number of hydrogen-bond acceptors (Lipinski definition) is 3. The Kier molecular flexibility index (Phi) is 2.84. The van der Waals surface area contributed by atoms with Crippen LogP contribution >= 0.6 is 0 Å². The molecular weight excluding hydrogens is 180 g/mol. The van der Waals surface area contributed by atoms with Crippen LogP contribution in [-0.4, -0.2) is 22.9 Å². The van der Waals surface area contributed by atoms with Gasteiger partial charge in [-0.15, -0.1) is 0 Å². The van der Waals surface area contributed by atoms with Gasteiger partial charge in [-0.25, -0.2) is 13.8 Å². The molecule has 0 aliphatic heterocycles. The molecular formula is C7H7F2N3O. The van der Waals surface area contributed by atoms with E-state index in [-0.39, 0.29) is 5.69 Å². The summed E-state index contributed by atoms with van der Waals surface area (Å²) < 4.78 is 24.0. The monoisotopic (exact) mass is 187 g/mol. The SMILES string of the molecule is CNC(=O)c1cnc(C(F)F)cn1. The largest absolute Gasteiger partial charge is 0.354 e. The van der Waals surface area contributed by atoms with Crippen molar-refractivity contribution in [2.75, 3.05) is 7.05 Å². The summed E-state index contributed by atoms with van der Waals surface area (Å²) in [6, 6.07) is 0. The lowest BCUT2D eigenvalue weighted by Crippen LogP contribution is -2.19. The maximum atomic E-state index is 12.0. The molecule has 1 N–H and O–H groups in total. The summed E-state index contributed by atoms with van der Waals surface area (Å²) in [5.41, 5.74) is -0.417. The molecule has 1 heterocycles. The first kappa shape index (κ1) is 9.50. The number of amides is 1. The minimum Gasteiger partial charge on any atom is -0.354 e. The highest BCUT2D eigenvalue weighted by Crippen LogP contribution is 2.13. The Morgan fingerprint density at radius 3 is 2.54 bits per heavy atom. The van der Waals surface area contributed by atoms with Gasteiger partial charge in [-0.1, -0.05) is 0 Å². The third kappa shape index (κ3) is 2.17. The van der Waals surface area contributed by atoms with Gasteiger partial charge in [-0.2, -0.15) is 0 Å². The number of halogens is 2. The summed E-state index contributed by atoms with van der Waals surface area (Å²) in [7, 11) is 1.42. The van der Waals surface area contributed by atoms with E-state index in [1.54, 1.807) is 0 Å². The van der Waals surface area contributed by atoms with Crippen molar-refractivity contribution in [1.29, 1.82) is 0 Å². The predicted octanol–water partition coefficient (Wildman–Crippen LogP) is 0.774. The zero-order valence-corrected chi connectivity index (χ0v) is 6.79. The first-order valence-electron chi connectivity index (χ1n) is 3.47. The van der Waals surface area contributed by atoms with Gasteiger partial charge in [-0.3, -0.25) is 9.78 Å². The Hall–Kier alpha value is -1.59. The van der Waals surface area contributed by atoms with Crippen LogP contribution in [0.15, 0.2) is 12.4 Å². The maximum Gasteiger partial charge on any atom is 0.281 e. The lowest BCUT2D eigenvalue weighted by Gasteiger charge is -1.99. The van der Waals surface area contributed by atoms with Crippen LogP contribution in [0.25, 0.3) is 0 Å². The van der Waals surface area contributed by atoms with Crippen molar-refractivity contribution >= 4 is 5.91 Å². The molecule has 0 radical (unpaired) electrons. The number of rotatable bonds is 2. The van der Waals surface area contributed by atoms with E-state index in [1.165, 1.54) is 7.05 Å². The van der Waals surface area contributed by atoms with E-state index in [0.29, 0.717) is 0 Å². The maximum absolute atomic E-state index is 12.0. The van der Waals surface area contributed by atoms with Gasteiger partial charge >= 0.3 is 0 Å². The van der Waals surface area contributed by atoms with E-state index in [1.807, 2.05) is 0 Å². The van der Waals surface area contributed by atoms with Crippen LogP contribution in [0.1, 0.15) is 22.6 Å². The quantitative estimate of drug-likeness (QED) is 0.744. The molecule has 0 aliphatic rings. The second kappa shape index (κ2) is 3.88. The van der Waals surface area contributed by atoms with E-state index in [2.05, 4.69) is 15.3 Å². The highest BCUT2D eigenvalue weighted by atomic mass is 19.3. The molecule has 0 bridgehead atoms. The van der Waals surface area contributed by atoms with Crippen LogP contribution in [-0.2, 0) is 0 Å². The Labute approximate surface area is 73.0 Å². The van der Waals surface area contributed by atoms with E-state index >= 15 is 0 Å². The second-order valence-electron chi connectivity index (χ2n) is 2.21. The Morgan fingerprint density at radius 2 is 2.15 bits per heavy atom. The van der Waals surface area contributed by atoms with Crippen LogP contribution in [0.5, 0.6) is 0 Å². The van der Waals surface area contributed by atoms with Crippen molar-refractivity contribution in [3.63, 3.8) is 0 Å². The number of nitrogens with one attached hydrogen (secondary N) is 1. The number of alkyl halides is 2. The number of hydrogen-bond donors (Lipinski definition) is 1. The molecule has 0 aliphatic carbocycles. The lowest BCUT2D eigenvalue weighted by atomic mass is 10.4. The van der Waals surface area contributed by atoms with Crippen molar-refractivity contribution in [3.05, 3.63) is 23.8 Å². The first-order valence-corrected chi connectivity index (χ1v) is 3.47. The zero-order valence-electron chi connectivity index (χ0n) is 6.79.